The number of hydrogen-bond donors (Lipinski definition) is 2. The van der Waals surface area contributed by atoms with Crippen LogP contribution in [0.25, 0.3) is 10.9 Å². The van der Waals surface area contributed by atoms with Gasteiger partial charge in [0.15, 0.2) is 5.78 Å². The van der Waals surface area contributed by atoms with Crippen LogP contribution in [-0.4, -0.2) is 21.8 Å². The summed E-state index contributed by atoms with van der Waals surface area (Å²) in [5.74, 6) is -1.10. The molecule has 15 heavy (non-hydrogen) atoms. The molecule has 0 amide bonds. The van der Waals surface area contributed by atoms with Crippen molar-refractivity contribution in [3.63, 3.8) is 0 Å². The molecule has 0 radical (unpaired) electrons. The highest BCUT2D eigenvalue weighted by atomic mass is 16.4. The highest BCUT2D eigenvalue weighted by molar-refractivity contribution is 6.08. The van der Waals surface area contributed by atoms with Gasteiger partial charge in [-0.1, -0.05) is 12.1 Å². The van der Waals surface area contributed by atoms with Crippen LogP contribution in [0.1, 0.15) is 27.8 Å². The van der Waals surface area contributed by atoms with Gasteiger partial charge in [-0.25, -0.2) is 4.79 Å². The molecule has 1 heterocycles. The molecule has 2 N–H and O–H groups in total. The first-order valence-corrected chi connectivity index (χ1v) is 4.45. The lowest BCUT2D eigenvalue weighted by molar-refractivity contribution is 0.0691. The van der Waals surface area contributed by atoms with Crippen molar-refractivity contribution in [1.82, 2.24) is 4.98 Å². The summed E-state index contributed by atoms with van der Waals surface area (Å²) >= 11 is 0. The van der Waals surface area contributed by atoms with E-state index >= 15 is 0 Å². The summed E-state index contributed by atoms with van der Waals surface area (Å²) in [6, 6.07) is 6.63. The predicted octanol–water partition coefficient (Wildman–Crippen LogP) is 2.07. The predicted molar refractivity (Wildman–Crippen MR) is 55.3 cm³/mol. The van der Waals surface area contributed by atoms with Crippen molar-refractivity contribution < 1.29 is 14.7 Å². The minimum atomic E-state index is -1.03. The molecule has 1 aromatic carbocycles. The number of fused-ring (bicyclic) bond motifs is 1. The largest absolute Gasteiger partial charge is 0.477 e. The van der Waals surface area contributed by atoms with Crippen LogP contribution < -0.4 is 0 Å². The van der Waals surface area contributed by atoms with Crippen LogP contribution in [0, 0.1) is 0 Å². The molecule has 0 saturated heterocycles. The molecule has 0 atom stereocenters. The molecule has 2 rings (SSSR count). The Morgan fingerprint density at radius 2 is 2.07 bits per heavy atom. The number of carbonyl (C=O) groups excluding carboxylic acids is 1. The Hall–Kier alpha value is -2.10. The molecule has 0 aliphatic carbocycles. The number of Topliss-reactive ketones (excluding diaryl/α,β-unsaturated/α-hetero) is 1. The van der Waals surface area contributed by atoms with Crippen molar-refractivity contribution in [2.24, 2.45) is 0 Å². The Kier molecular flexibility index (Phi) is 2.04. The summed E-state index contributed by atoms with van der Waals surface area (Å²) in [6.45, 7) is 1.46. The van der Waals surface area contributed by atoms with Crippen LogP contribution in [0.3, 0.4) is 0 Å². The summed E-state index contributed by atoms with van der Waals surface area (Å²) < 4.78 is 0. The quantitative estimate of drug-likeness (QED) is 0.734. The maximum atomic E-state index is 11.3. The Morgan fingerprint density at radius 1 is 1.33 bits per heavy atom. The van der Waals surface area contributed by atoms with Gasteiger partial charge in [0, 0.05) is 16.5 Å². The standard InChI is InChI=1S/C11H9NO3/c1-6(13)7-3-2-4-9-8(7)5-10(12-9)11(14)15/h2-5,12H,1H3,(H,14,15). The summed E-state index contributed by atoms with van der Waals surface area (Å²) in [6.07, 6.45) is 0. The van der Waals surface area contributed by atoms with Gasteiger partial charge in [-0.3, -0.25) is 4.79 Å². The topological polar surface area (TPSA) is 70.2 Å². The average molecular weight is 203 g/mol. The fraction of sp³-hybridized carbons (Fsp3) is 0.0909. The van der Waals surface area contributed by atoms with E-state index in [0.717, 1.165) is 0 Å². The van der Waals surface area contributed by atoms with Gasteiger partial charge in [0.25, 0.3) is 0 Å². The van der Waals surface area contributed by atoms with Crippen molar-refractivity contribution in [1.29, 1.82) is 0 Å². The zero-order chi connectivity index (χ0) is 11.0. The van der Waals surface area contributed by atoms with Crippen LogP contribution in [0.4, 0.5) is 0 Å². The van der Waals surface area contributed by atoms with Gasteiger partial charge in [-0.2, -0.15) is 0 Å². The molecular weight excluding hydrogens is 194 g/mol. The number of carboxylic acid groups (broad SMARTS) is 1. The number of aromatic carboxylic acids is 1. The van der Waals surface area contributed by atoms with E-state index in [-0.39, 0.29) is 11.5 Å². The van der Waals surface area contributed by atoms with E-state index in [2.05, 4.69) is 4.98 Å². The molecule has 2 aromatic rings. The number of rotatable bonds is 2. The summed E-state index contributed by atoms with van der Waals surface area (Å²) in [5, 5.41) is 9.45. The number of aromatic amines is 1. The Balaban J connectivity index is 2.75. The normalized spacial score (nSPS) is 10.5. The van der Waals surface area contributed by atoms with Gasteiger partial charge in [0.1, 0.15) is 5.69 Å². The van der Waals surface area contributed by atoms with E-state index in [9.17, 15) is 9.59 Å². The van der Waals surface area contributed by atoms with E-state index in [4.69, 9.17) is 5.11 Å². The molecule has 0 aliphatic rings. The Morgan fingerprint density at radius 3 is 2.67 bits per heavy atom. The van der Waals surface area contributed by atoms with Gasteiger partial charge in [-0.05, 0) is 19.1 Å². The monoisotopic (exact) mass is 203 g/mol. The second kappa shape index (κ2) is 3.24. The molecule has 0 saturated carbocycles. The second-order valence-corrected chi connectivity index (χ2v) is 3.31. The molecule has 1 aromatic heterocycles. The molecule has 76 valence electrons. The summed E-state index contributed by atoms with van der Waals surface area (Å²) in [7, 11) is 0. The zero-order valence-electron chi connectivity index (χ0n) is 8.07. The van der Waals surface area contributed by atoms with Gasteiger partial charge < -0.3 is 10.1 Å². The third-order valence-electron chi connectivity index (χ3n) is 2.27. The molecular formula is C11H9NO3. The van der Waals surface area contributed by atoms with E-state index in [0.29, 0.717) is 16.5 Å². The first-order valence-electron chi connectivity index (χ1n) is 4.45. The molecule has 4 heteroatoms. The lowest BCUT2D eigenvalue weighted by atomic mass is 10.1. The molecule has 0 fully saturated rings. The first-order chi connectivity index (χ1) is 7.09. The highest BCUT2D eigenvalue weighted by Gasteiger charge is 2.11. The number of carbonyl (C=O) groups is 2. The Labute approximate surface area is 85.5 Å². The highest BCUT2D eigenvalue weighted by Crippen LogP contribution is 2.20. The molecule has 0 aliphatic heterocycles. The number of aromatic nitrogens is 1. The molecule has 0 unspecified atom stereocenters. The van der Waals surface area contributed by atoms with Crippen molar-refractivity contribution in [3.8, 4) is 0 Å². The summed E-state index contributed by atoms with van der Waals surface area (Å²) in [5.41, 5.74) is 1.30. The van der Waals surface area contributed by atoms with Crippen LogP contribution in [0.15, 0.2) is 24.3 Å². The maximum Gasteiger partial charge on any atom is 0.352 e. The van der Waals surface area contributed by atoms with Crippen molar-refractivity contribution >= 4 is 22.7 Å². The number of hydrogen-bond acceptors (Lipinski definition) is 2. The third-order valence-corrected chi connectivity index (χ3v) is 2.27. The Bertz CT molecular complexity index is 554. The van der Waals surface area contributed by atoms with Gasteiger partial charge in [-0.15, -0.1) is 0 Å². The third kappa shape index (κ3) is 1.50. The number of carboxylic acids is 1. The molecule has 0 bridgehead atoms. The lowest BCUT2D eigenvalue weighted by Gasteiger charge is -1.96. The van der Waals surface area contributed by atoms with Gasteiger partial charge in [0.05, 0.1) is 0 Å². The minimum absolute atomic E-state index is 0.0726. The van der Waals surface area contributed by atoms with Gasteiger partial charge in [0.2, 0.25) is 0 Å². The molecule has 0 spiro atoms. The lowest BCUT2D eigenvalue weighted by Crippen LogP contribution is -1.94. The van der Waals surface area contributed by atoms with Crippen molar-refractivity contribution in [2.45, 2.75) is 6.92 Å². The van der Waals surface area contributed by atoms with Crippen molar-refractivity contribution in [3.05, 3.63) is 35.5 Å². The van der Waals surface area contributed by atoms with Crippen LogP contribution in [0.5, 0.6) is 0 Å². The fourth-order valence-electron chi connectivity index (χ4n) is 1.58. The van der Waals surface area contributed by atoms with Gasteiger partial charge >= 0.3 is 5.97 Å². The number of H-pyrrole nitrogens is 1. The van der Waals surface area contributed by atoms with E-state index in [1.165, 1.54) is 13.0 Å². The average Bonchev–Trinajstić information content (AvgIpc) is 2.60. The SMILES string of the molecule is CC(=O)c1cccc2[nH]c(C(=O)O)cc12. The van der Waals surface area contributed by atoms with Crippen LogP contribution in [0.2, 0.25) is 0 Å². The van der Waals surface area contributed by atoms with E-state index in [1.54, 1.807) is 18.2 Å². The minimum Gasteiger partial charge on any atom is -0.477 e. The molecule has 4 nitrogen and oxygen atoms in total. The number of nitrogens with one attached hydrogen (secondary N) is 1. The van der Waals surface area contributed by atoms with Crippen molar-refractivity contribution in [2.75, 3.05) is 0 Å². The number of benzene rings is 1. The van der Waals surface area contributed by atoms with Crippen LogP contribution >= 0.6 is 0 Å². The number of ketones is 1. The fourth-order valence-corrected chi connectivity index (χ4v) is 1.58. The van der Waals surface area contributed by atoms with E-state index in [1.807, 2.05) is 0 Å². The summed E-state index contributed by atoms with van der Waals surface area (Å²) in [4.78, 5) is 24.8. The first kappa shape index (κ1) is 9.45. The second-order valence-electron chi connectivity index (χ2n) is 3.31. The van der Waals surface area contributed by atoms with Crippen LogP contribution in [-0.2, 0) is 0 Å². The maximum absolute atomic E-state index is 11.3. The van der Waals surface area contributed by atoms with E-state index < -0.39 is 5.97 Å². The smallest absolute Gasteiger partial charge is 0.352 e. The zero-order valence-corrected chi connectivity index (χ0v) is 8.07.